The van der Waals surface area contributed by atoms with E-state index >= 15 is 0 Å². The normalized spacial score (nSPS) is 10.7. The SMILES string of the molecule is COc1cc2nc(-c3ccc(SC)cc3)cc(C(=O)O)c2cc1OC. The third kappa shape index (κ3) is 3.25. The Hall–Kier alpha value is -2.73. The second-order valence-corrected chi connectivity index (χ2v) is 6.19. The van der Waals surface area contributed by atoms with Crippen LogP contribution >= 0.6 is 11.8 Å². The van der Waals surface area contributed by atoms with Crippen LogP contribution in [-0.4, -0.2) is 36.5 Å². The molecule has 6 heteroatoms. The zero-order valence-corrected chi connectivity index (χ0v) is 14.9. The molecule has 0 bridgehead atoms. The molecule has 2 aromatic carbocycles. The van der Waals surface area contributed by atoms with E-state index in [1.807, 2.05) is 30.5 Å². The van der Waals surface area contributed by atoms with Crippen molar-refractivity contribution in [1.82, 2.24) is 4.98 Å². The predicted molar refractivity (Wildman–Crippen MR) is 99.0 cm³/mol. The number of fused-ring (bicyclic) bond motifs is 1. The number of carbonyl (C=O) groups is 1. The topological polar surface area (TPSA) is 68.7 Å². The van der Waals surface area contributed by atoms with Crippen LogP contribution in [0.3, 0.4) is 0 Å². The molecule has 0 aliphatic carbocycles. The van der Waals surface area contributed by atoms with Gasteiger partial charge in [-0.2, -0.15) is 0 Å². The van der Waals surface area contributed by atoms with Gasteiger partial charge < -0.3 is 14.6 Å². The molecule has 0 radical (unpaired) electrons. The molecule has 5 nitrogen and oxygen atoms in total. The molecule has 0 aliphatic heterocycles. The number of pyridine rings is 1. The third-order valence-corrected chi connectivity index (χ3v) is 4.67. The maximum atomic E-state index is 11.7. The highest BCUT2D eigenvalue weighted by atomic mass is 32.2. The summed E-state index contributed by atoms with van der Waals surface area (Å²) in [4.78, 5) is 17.5. The summed E-state index contributed by atoms with van der Waals surface area (Å²) in [5, 5.41) is 10.1. The van der Waals surface area contributed by atoms with E-state index in [1.54, 1.807) is 30.0 Å². The average Bonchev–Trinajstić information content (AvgIpc) is 2.65. The number of ether oxygens (including phenoxy) is 2. The minimum atomic E-state index is -1.01. The summed E-state index contributed by atoms with van der Waals surface area (Å²) in [7, 11) is 3.05. The number of nitrogens with zero attached hydrogens (tertiary/aromatic N) is 1. The van der Waals surface area contributed by atoms with Gasteiger partial charge in [-0.3, -0.25) is 0 Å². The predicted octanol–water partition coefficient (Wildman–Crippen LogP) is 4.34. The van der Waals surface area contributed by atoms with Crippen LogP contribution in [-0.2, 0) is 0 Å². The molecule has 1 aromatic heterocycles. The zero-order valence-electron chi connectivity index (χ0n) is 14.1. The van der Waals surface area contributed by atoms with Gasteiger partial charge in [-0.1, -0.05) is 12.1 Å². The number of hydrogen-bond donors (Lipinski definition) is 1. The molecular weight excluding hydrogens is 338 g/mol. The lowest BCUT2D eigenvalue weighted by Gasteiger charge is -2.12. The van der Waals surface area contributed by atoms with E-state index in [9.17, 15) is 9.90 Å². The molecule has 0 fully saturated rings. The van der Waals surface area contributed by atoms with Gasteiger partial charge in [0.2, 0.25) is 0 Å². The zero-order chi connectivity index (χ0) is 18.0. The number of thioether (sulfide) groups is 1. The number of methoxy groups -OCH3 is 2. The van der Waals surface area contributed by atoms with Crippen LogP contribution in [0.5, 0.6) is 11.5 Å². The molecule has 0 atom stereocenters. The second-order valence-electron chi connectivity index (χ2n) is 5.31. The molecule has 1 heterocycles. The van der Waals surface area contributed by atoms with Crippen LogP contribution in [0, 0.1) is 0 Å². The Morgan fingerprint density at radius 1 is 1.04 bits per heavy atom. The van der Waals surface area contributed by atoms with Gasteiger partial charge in [-0.15, -0.1) is 11.8 Å². The number of rotatable bonds is 5. The maximum Gasteiger partial charge on any atom is 0.336 e. The van der Waals surface area contributed by atoms with Crippen LogP contribution < -0.4 is 9.47 Å². The van der Waals surface area contributed by atoms with Gasteiger partial charge in [0.15, 0.2) is 11.5 Å². The van der Waals surface area contributed by atoms with E-state index in [4.69, 9.17) is 9.47 Å². The Morgan fingerprint density at radius 3 is 2.24 bits per heavy atom. The molecular formula is C19H17NO4S. The number of carboxylic acids is 1. The van der Waals surface area contributed by atoms with Crippen LogP contribution in [0.2, 0.25) is 0 Å². The Labute approximate surface area is 149 Å². The van der Waals surface area contributed by atoms with Gasteiger partial charge in [-0.25, -0.2) is 9.78 Å². The molecule has 25 heavy (non-hydrogen) atoms. The van der Waals surface area contributed by atoms with Crippen LogP contribution in [0.25, 0.3) is 22.2 Å². The van der Waals surface area contributed by atoms with E-state index in [0.717, 1.165) is 10.5 Å². The van der Waals surface area contributed by atoms with E-state index in [-0.39, 0.29) is 5.56 Å². The lowest BCUT2D eigenvalue weighted by atomic mass is 10.0. The first kappa shape index (κ1) is 17.1. The summed E-state index contributed by atoms with van der Waals surface area (Å²) in [6.07, 6.45) is 2.01. The second kappa shape index (κ2) is 7.03. The van der Waals surface area contributed by atoms with Gasteiger partial charge in [0.1, 0.15) is 0 Å². The van der Waals surface area contributed by atoms with Gasteiger partial charge in [0.25, 0.3) is 0 Å². The van der Waals surface area contributed by atoms with Crippen molar-refractivity contribution in [2.24, 2.45) is 0 Å². The van der Waals surface area contributed by atoms with Crippen molar-refractivity contribution in [2.45, 2.75) is 4.90 Å². The summed E-state index contributed by atoms with van der Waals surface area (Å²) in [5.74, 6) is -0.0355. The fourth-order valence-corrected chi connectivity index (χ4v) is 3.05. The summed E-state index contributed by atoms with van der Waals surface area (Å²) in [6.45, 7) is 0. The minimum Gasteiger partial charge on any atom is -0.493 e. The number of aromatic carboxylic acids is 1. The molecule has 0 amide bonds. The molecule has 0 saturated heterocycles. The lowest BCUT2D eigenvalue weighted by Crippen LogP contribution is -2.01. The maximum absolute atomic E-state index is 11.7. The smallest absolute Gasteiger partial charge is 0.336 e. The van der Waals surface area contributed by atoms with Crippen molar-refractivity contribution in [2.75, 3.05) is 20.5 Å². The standard InChI is InChI=1S/C19H17NO4S/c1-23-17-9-13-14(19(21)22)8-15(20-16(13)10-18(17)24-2)11-4-6-12(25-3)7-5-11/h4-10H,1-3H3,(H,21,22). The van der Waals surface area contributed by atoms with E-state index in [2.05, 4.69) is 4.98 Å². The first-order chi connectivity index (χ1) is 12.1. The Kier molecular flexibility index (Phi) is 4.81. The molecule has 0 saturated carbocycles. The number of hydrogen-bond acceptors (Lipinski definition) is 5. The fraction of sp³-hybridized carbons (Fsp3) is 0.158. The summed E-state index contributed by atoms with van der Waals surface area (Å²) in [6, 6.07) is 12.8. The van der Waals surface area contributed by atoms with Crippen molar-refractivity contribution in [1.29, 1.82) is 0 Å². The molecule has 0 spiro atoms. The van der Waals surface area contributed by atoms with E-state index < -0.39 is 5.97 Å². The van der Waals surface area contributed by atoms with E-state index in [0.29, 0.717) is 28.1 Å². The average molecular weight is 355 g/mol. The van der Waals surface area contributed by atoms with Gasteiger partial charge in [0, 0.05) is 21.9 Å². The van der Waals surface area contributed by atoms with Gasteiger partial charge in [0.05, 0.1) is 31.0 Å². The quantitative estimate of drug-likeness (QED) is 0.687. The summed E-state index contributed by atoms with van der Waals surface area (Å²) in [5.41, 5.74) is 2.18. The first-order valence-electron chi connectivity index (χ1n) is 7.52. The highest BCUT2D eigenvalue weighted by molar-refractivity contribution is 7.98. The first-order valence-corrected chi connectivity index (χ1v) is 8.74. The summed E-state index contributed by atoms with van der Waals surface area (Å²) < 4.78 is 10.6. The number of benzene rings is 2. The minimum absolute atomic E-state index is 0.176. The van der Waals surface area contributed by atoms with E-state index in [1.165, 1.54) is 14.2 Å². The van der Waals surface area contributed by atoms with Crippen LogP contribution in [0.1, 0.15) is 10.4 Å². The Morgan fingerprint density at radius 2 is 1.68 bits per heavy atom. The van der Waals surface area contributed by atoms with Crippen LogP contribution in [0.4, 0.5) is 0 Å². The fourth-order valence-electron chi connectivity index (χ4n) is 2.64. The van der Waals surface area contributed by atoms with Crippen molar-refractivity contribution >= 4 is 28.6 Å². The molecule has 0 unspecified atom stereocenters. The lowest BCUT2D eigenvalue weighted by molar-refractivity contribution is 0.0699. The Balaban J connectivity index is 2.25. The third-order valence-electron chi connectivity index (χ3n) is 3.93. The van der Waals surface area contributed by atoms with Crippen molar-refractivity contribution in [3.63, 3.8) is 0 Å². The van der Waals surface area contributed by atoms with Crippen LogP contribution in [0.15, 0.2) is 47.4 Å². The monoisotopic (exact) mass is 355 g/mol. The van der Waals surface area contributed by atoms with Crippen molar-refractivity contribution in [3.05, 3.63) is 48.0 Å². The largest absolute Gasteiger partial charge is 0.493 e. The molecule has 0 aliphatic rings. The number of carboxylic acid groups (broad SMARTS) is 1. The highest BCUT2D eigenvalue weighted by Crippen LogP contribution is 2.34. The molecule has 3 rings (SSSR count). The van der Waals surface area contributed by atoms with Gasteiger partial charge in [-0.05, 0) is 30.5 Å². The molecule has 128 valence electrons. The molecule has 1 N–H and O–H groups in total. The van der Waals surface area contributed by atoms with Crippen molar-refractivity contribution < 1.29 is 19.4 Å². The molecule has 3 aromatic rings. The highest BCUT2D eigenvalue weighted by Gasteiger charge is 2.16. The Bertz CT molecular complexity index is 938. The van der Waals surface area contributed by atoms with Gasteiger partial charge >= 0.3 is 5.97 Å². The van der Waals surface area contributed by atoms with Crippen molar-refractivity contribution in [3.8, 4) is 22.8 Å². The number of aromatic nitrogens is 1. The summed E-state index contributed by atoms with van der Waals surface area (Å²) >= 11 is 1.65.